The Morgan fingerprint density at radius 1 is 0.974 bits per heavy atom. The molecule has 39 heavy (non-hydrogen) atoms. The topological polar surface area (TPSA) is 187 Å². The second-order valence-corrected chi connectivity index (χ2v) is 10.1. The summed E-state index contributed by atoms with van der Waals surface area (Å²) in [7, 11) is 0. The van der Waals surface area contributed by atoms with Crippen LogP contribution in [0.4, 0.5) is 20.1 Å². The van der Waals surface area contributed by atoms with Crippen LogP contribution in [0.25, 0.3) is 0 Å². The van der Waals surface area contributed by atoms with Crippen molar-refractivity contribution in [2.24, 2.45) is 11.7 Å². The highest BCUT2D eigenvalue weighted by atomic mass is 35.5. The fourth-order valence-electron chi connectivity index (χ4n) is 3.16. The highest BCUT2D eigenvalue weighted by Crippen LogP contribution is 2.13. The molecule has 0 aliphatic heterocycles. The van der Waals surface area contributed by atoms with Gasteiger partial charge in [0.15, 0.2) is 6.07 Å². The molecule has 1 aromatic rings. The van der Waals surface area contributed by atoms with Crippen molar-refractivity contribution in [1.82, 2.24) is 16.0 Å². The van der Waals surface area contributed by atoms with Gasteiger partial charge in [-0.1, -0.05) is 37.6 Å². The molecule has 0 radical (unpaired) electrons. The van der Waals surface area contributed by atoms with Crippen molar-refractivity contribution in [3.05, 3.63) is 29.8 Å². The second-order valence-electron chi connectivity index (χ2n) is 9.84. The summed E-state index contributed by atoms with van der Waals surface area (Å²) < 4.78 is 14.6. The summed E-state index contributed by atoms with van der Waals surface area (Å²) in [4.78, 5) is 60.7. The van der Waals surface area contributed by atoms with E-state index < -0.39 is 47.8 Å². The summed E-state index contributed by atoms with van der Waals surface area (Å²) in [6.07, 6.45) is -1.17. The number of benzene rings is 1. The maximum Gasteiger partial charge on any atom is 0.509 e. The van der Waals surface area contributed by atoms with E-state index in [9.17, 15) is 24.0 Å². The van der Waals surface area contributed by atoms with Crippen LogP contribution in [0, 0.1) is 5.92 Å². The van der Waals surface area contributed by atoms with Gasteiger partial charge in [-0.15, -0.1) is 0 Å². The number of hydrogen-bond acceptors (Lipinski definition) is 8. The van der Waals surface area contributed by atoms with E-state index in [0.29, 0.717) is 17.7 Å². The number of ether oxygens (including phenoxy) is 3. The number of amides is 5. The molecule has 0 saturated heterocycles. The maximum absolute atomic E-state index is 13.1. The molecule has 0 spiro atoms. The zero-order chi connectivity index (χ0) is 29.6. The number of carbonyl (C=O) groups excluding carboxylic acids is 5. The lowest BCUT2D eigenvalue weighted by Crippen LogP contribution is -2.55. The van der Waals surface area contributed by atoms with Crippen LogP contribution in [0.15, 0.2) is 24.3 Å². The SMILES string of the molecule is CC(C)[C@H](NC(=O)OC(C)(C)C)C(=O)N[C@@H](CCCNC(N)=O)C(=O)Nc1ccc(COC(=O)OCCl)cc1. The molecular weight excluding hydrogens is 534 g/mol. The van der Waals surface area contributed by atoms with Crippen molar-refractivity contribution in [2.45, 2.75) is 71.8 Å². The lowest BCUT2D eigenvalue weighted by molar-refractivity contribution is -0.128. The Morgan fingerprint density at radius 3 is 2.15 bits per heavy atom. The van der Waals surface area contributed by atoms with E-state index in [4.69, 9.17) is 26.8 Å². The zero-order valence-electron chi connectivity index (χ0n) is 22.8. The predicted molar refractivity (Wildman–Crippen MR) is 144 cm³/mol. The first-order valence-corrected chi connectivity index (χ1v) is 12.8. The first-order chi connectivity index (χ1) is 18.2. The van der Waals surface area contributed by atoms with Gasteiger partial charge < -0.3 is 41.2 Å². The molecule has 218 valence electrons. The van der Waals surface area contributed by atoms with E-state index in [1.807, 2.05) is 0 Å². The van der Waals surface area contributed by atoms with Crippen molar-refractivity contribution >= 4 is 47.4 Å². The van der Waals surface area contributed by atoms with Gasteiger partial charge in [-0.25, -0.2) is 14.4 Å². The van der Waals surface area contributed by atoms with Crippen LogP contribution in [0.5, 0.6) is 0 Å². The normalized spacial score (nSPS) is 12.5. The van der Waals surface area contributed by atoms with Crippen LogP contribution < -0.4 is 27.0 Å². The average Bonchev–Trinajstić information content (AvgIpc) is 2.82. The third-order valence-electron chi connectivity index (χ3n) is 4.97. The Hall–Kier alpha value is -3.74. The van der Waals surface area contributed by atoms with Crippen molar-refractivity contribution < 1.29 is 38.2 Å². The van der Waals surface area contributed by atoms with Gasteiger partial charge in [-0.2, -0.15) is 0 Å². The first-order valence-electron chi connectivity index (χ1n) is 12.3. The molecule has 0 fully saturated rings. The molecule has 0 bridgehead atoms. The fraction of sp³-hybridized carbons (Fsp3) is 0.560. The van der Waals surface area contributed by atoms with Gasteiger partial charge in [0.25, 0.3) is 0 Å². The maximum atomic E-state index is 13.1. The molecule has 0 aromatic heterocycles. The van der Waals surface area contributed by atoms with Gasteiger partial charge in [-0.3, -0.25) is 9.59 Å². The van der Waals surface area contributed by atoms with Gasteiger partial charge in [0.05, 0.1) is 0 Å². The van der Waals surface area contributed by atoms with Crippen LogP contribution in [0.2, 0.25) is 0 Å². The molecule has 1 rings (SSSR count). The predicted octanol–water partition coefficient (Wildman–Crippen LogP) is 2.96. The number of halogens is 1. The molecule has 5 amide bonds. The lowest BCUT2D eigenvalue weighted by Gasteiger charge is -2.27. The van der Waals surface area contributed by atoms with E-state index in [0.717, 1.165) is 0 Å². The molecule has 0 unspecified atom stereocenters. The molecule has 0 heterocycles. The second kappa shape index (κ2) is 16.3. The zero-order valence-corrected chi connectivity index (χ0v) is 23.6. The number of rotatable bonds is 13. The Kier molecular flexibility index (Phi) is 13.9. The Labute approximate surface area is 232 Å². The largest absolute Gasteiger partial charge is 0.509 e. The minimum atomic E-state index is -0.998. The molecule has 0 saturated carbocycles. The molecule has 14 heteroatoms. The van der Waals surface area contributed by atoms with Gasteiger partial charge in [0, 0.05) is 12.2 Å². The van der Waals surface area contributed by atoms with E-state index >= 15 is 0 Å². The summed E-state index contributed by atoms with van der Waals surface area (Å²) in [6, 6.07) is 3.46. The van der Waals surface area contributed by atoms with E-state index in [-0.39, 0.29) is 31.6 Å². The van der Waals surface area contributed by atoms with Crippen LogP contribution in [-0.4, -0.2) is 60.4 Å². The van der Waals surface area contributed by atoms with E-state index in [1.165, 1.54) is 0 Å². The molecule has 1 aromatic carbocycles. The average molecular weight is 572 g/mol. The molecule has 0 aliphatic carbocycles. The number of urea groups is 1. The summed E-state index contributed by atoms with van der Waals surface area (Å²) in [6.45, 7) is 8.73. The molecular formula is C25H38ClN5O8. The van der Waals surface area contributed by atoms with Gasteiger partial charge in [-0.05, 0) is 57.2 Å². The third-order valence-corrected chi connectivity index (χ3v) is 5.08. The van der Waals surface area contributed by atoms with Crippen molar-refractivity contribution in [3.8, 4) is 0 Å². The van der Waals surface area contributed by atoms with Crippen LogP contribution in [0.1, 0.15) is 53.0 Å². The quantitative estimate of drug-likeness (QED) is 0.136. The molecule has 13 nitrogen and oxygen atoms in total. The number of nitrogens with two attached hydrogens (primary N) is 1. The van der Waals surface area contributed by atoms with Crippen molar-refractivity contribution in [2.75, 3.05) is 17.9 Å². The number of carbonyl (C=O) groups is 5. The Bertz CT molecular complexity index is 982. The highest BCUT2D eigenvalue weighted by molar-refractivity contribution is 6.17. The highest BCUT2D eigenvalue weighted by Gasteiger charge is 2.30. The van der Waals surface area contributed by atoms with Crippen LogP contribution in [0.3, 0.4) is 0 Å². The molecule has 6 N–H and O–H groups in total. The standard InChI is InChI=1S/C25H38ClN5O8/c1-15(2)19(31-23(35)39-25(3,4)5)21(33)30-18(7-6-12-28-22(27)34)20(32)29-17-10-8-16(9-11-17)13-37-24(36)38-14-26/h8-11,15,18-19H,6-7,12-14H2,1-5H3,(H,29,32)(H,30,33)(H,31,35)(H3,27,28,34)/t18-,19-/m0/s1. The smallest absolute Gasteiger partial charge is 0.444 e. The summed E-state index contributed by atoms with van der Waals surface area (Å²) in [5, 5.41) is 10.4. The number of alkyl carbamates (subject to hydrolysis) is 1. The fourth-order valence-corrected chi connectivity index (χ4v) is 3.25. The Morgan fingerprint density at radius 2 is 1.62 bits per heavy atom. The lowest BCUT2D eigenvalue weighted by atomic mass is 10.0. The van der Waals surface area contributed by atoms with Crippen molar-refractivity contribution in [3.63, 3.8) is 0 Å². The summed E-state index contributed by atoms with van der Waals surface area (Å²) in [5.74, 6) is -1.40. The summed E-state index contributed by atoms with van der Waals surface area (Å²) >= 11 is 5.30. The number of alkyl halides is 1. The number of anilines is 1. The van der Waals surface area contributed by atoms with Crippen LogP contribution >= 0.6 is 11.6 Å². The van der Waals surface area contributed by atoms with E-state index in [1.54, 1.807) is 58.9 Å². The number of primary amides is 1. The molecule has 2 atom stereocenters. The van der Waals surface area contributed by atoms with Crippen LogP contribution in [-0.2, 0) is 30.4 Å². The van der Waals surface area contributed by atoms with E-state index in [2.05, 4.69) is 26.0 Å². The van der Waals surface area contributed by atoms with Gasteiger partial charge in [0.1, 0.15) is 24.3 Å². The van der Waals surface area contributed by atoms with Gasteiger partial charge in [0.2, 0.25) is 11.8 Å². The third kappa shape index (κ3) is 14.1. The number of hydrogen-bond donors (Lipinski definition) is 5. The minimum absolute atomic E-state index is 0.0588. The monoisotopic (exact) mass is 571 g/mol. The molecule has 0 aliphatic rings. The van der Waals surface area contributed by atoms with Gasteiger partial charge >= 0.3 is 18.3 Å². The first kappa shape index (κ1) is 33.3. The number of nitrogens with one attached hydrogen (secondary N) is 4. The Balaban J connectivity index is 2.91. The van der Waals surface area contributed by atoms with Crippen molar-refractivity contribution in [1.29, 1.82) is 0 Å². The summed E-state index contributed by atoms with van der Waals surface area (Å²) in [5.41, 5.74) is 5.39. The minimum Gasteiger partial charge on any atom is -0.444 e.